The van der Waals surface area contributed by atoms with Gasteiger partial charge in [0, 0.05) is 18.6 Å². The summed E-state index contributed by atoms with van der Waals surface area (Å²) in [6, 6.07) is 0.945. The van der Waals surface area contributed by atoms with Gasteiger partial charge < -0.3 is 15.5 Å². The number of carbonyl (C=O) groups excluding carboxylic acids is 1. The number of carbonyl (C=O) groups is 1. The molecule has 2 unspecified atom stereocenters. The van der Waals surface area contributed by atoms with E-state index in [1.165, 1.54) is 38.6 Å². The summed E-state index contributed by atoms with van der Waals surface area (Å²) >= 11 is 0. The maximum Gasteiger partial charge on any atom is 0.237 e. The van der Waals surface area contributed by atoms with Crippen LogP contribution in [0.25, 0.3) is 0 Å². The second-order valence-electron chi connectivity index (χ2n) is 6.25. The molecule has 2 rings (SSSR count). The predicted molar refractivity (Wildman–Crippen MR) is 78.1 cm³/mol. The fourth-order valence-corrected chi connectivity index (χ4v) is 3.20. The van der Waals surface area contributed by atoms with Crippen LogP contribution in [0.1, 0.15) is 51.9 Å². The van der Waals surface area contributed by atoms with Crippen LogP contribution < -0.4 is 10.6 Å². The van der Waals surface area contributed by atoms with Crippen molar-refractivity contribution in [2.24, 2.45) is 0 Å². The number of hydrogen-bond donors (Lipinski definition) is 2. The van der Waals surface area contributed by atoms with E-state index in [0.717, 1.165) is 19.4 Å². The number of amides is 1. The van der Waals surface area contributed by atoms with Gasteiger partial charge in [0.1, 0.15) is 0 Å². The van der Waals surface area contributed by atoms with E-state index >= 15 is 0 Å². The third-order valence-corrected chi connectivity index (χ3v) is 4.68. The first-order valence-electron chi connectivity index (χ1n) is 7.91. The predicted octanol–water partition coefficient (Wildman–Crippen LogP) is 1.51. The molecule has 1 aliphatic carbocycles. The molecule has 110 valence electrons. The van der Waals surface area contributed by atoms with E-state index in [2.05, 4.69) is 22.6 Å². The Morgan fingerprint density at radius 2 is 1.89 bits per heavy atom. The minimum atomic E-state index is -0.0732. The molecule has 2 fully saturated rings. The highest BCUT2D eigenvalue weighted by atomic mass is 16.2. The van der Waals surface area contributed by atoms with Crippen molar-refractivity contribution in [1.82, 2.24) is 15.5 Å². The van der Waals surface area contributed by atoms with Gasteiger partial charge in [-0.25, -0.2) is 0 Å². The van der Waals surface area contributed by atoms with Crippen molar-refractivity contribution in [3.63, 3.8) is 0 Å². The van der Waals surface area contributed by atoms with Crippen molar-refractivity contribution in [3.05, 3.63) is 0 Å². The maximum absolute atomic E-state index is 12.1. The zero-order valence-electron chi connectivity index (χ0n) is 12.5. The van der Waals surface area contributed by atoms with E-state index in [4.69, 9.17) is 0 Å². The topological polar surface area (TPSA) is 44.4 Å². The zero-order chi connectivity index (χ0) is 13.7. The summed E-state index contributed by atoms with van der Waals surface area (Å²) in [4.78, 5) is 14.5. The Labute approximate surface area is 117 Å². The lowest BCUT2D eigenvalue weighted by Crippen LogP contribution is -2.50. The summed E-state index contributed by atoms with van der Waals surface area (Å²) in [5, 5.41) is 6.57. The Bertz CT molecular complexity index is 289. The standard InChI is InChI=1S/C15H29N3O/c1-12(15(19)17-13-7-3-4-8-13)16-11-14-9-5-6-10-18(14)2/h12-14,16H,3-11H2,1-2H3,(H,17,19). The molecular formula is C15H29N3O. The lowest BCUT2D eigenvalue weighted by Gasteiger charge is -2.33. The second-order valence-corrected chi connectivity index (χ2v) is 6.25. The minimum absolute atomic E-state index is 0.0732. The highest BCUT2D eigenvalue weighted by Crippen LogP contribution is 2.17. The van der Waals surface area contributed by atoms with Gasteiger partial charge in [0.05, 0.1) is 6.04 Å². The summed E-state index contributed by atoms with van der Waals surface area (Å²) in [6.07, 6.45) is 8.72. The van der Waals surface area contributed by atoms with E-state index in [9.17, 15) is 4.79 Å². The average Bonchev–Trinajstić information content (AvgIpc) is 2.90. The van der Waals surface area contributed by atoms with E-state index < -0.39 is 0 Å². The van der Waals surface area contributed by atoms with Crippen LogP contribution in [-0.4, -0.2) is 49.1 Å². The largest absolute Gasteiger partial charge is 0.352 e. The Hall–Kier alpha value is -0.610. The van der Waals surface area contributed by atoms with Gasteiger partial charge in [0.15, 0.2) is 0 Å². The fourth-order valence-electron chi connectivity index (χ4n) is 3.20. The number of hydrogen-bond acceptors (Lipinski definition) is 3. The smallest absolute Gasteiger partial charge is 0.237 e. The Morgan fingerprint density at radius 3 is 2.58 bits per heavy atom. The van der Waals surface area contributed by atoms with Crippen LogP contribution in [0, 0.1) is 0 Å². The molecule has 1 heterocycles. The third-order valence-electron chi connectivity index (χ3n) is 4.68. The molecule has 2 aliphatic rings. The molecule has 1 aliphatic heterocycles. The van der Waals surface area contributed by atoms with Crippen LogP contribution in [0.15, 0.2) is 0 Å². The maximum atomic E-state index is 12.1. The second kappa shape index (κ2) is 7.25. The molecular weight excluding hydrogens is 238 g/mol. The normalized spacial score (nSPS) is 27.4. The Morgan fingerprint density at radius 1 is 1.21 bits per heavy atom. The lowest BCUT2D eigenvalue weighted by atomic mass is 10.0. The van der Waals surface area contributed by atoms with E-state index in [-0.39, 0.29) is 11.9 Å². The minimum Gasteiger partial charge on any atom is -0.352 e. The number of nitrogens with one attached hydrogen (secondary N) is 2. The molecule has 2 atom stereocenters. The van der Waals surface area contributed by atoms with Gasteiger partial charge in [-0.05, 0) is 46.2 Å². The molecule has 4 heteroatoms. The molecule has 4 nitrogen and oxygen atoms in total. The van der Waals surface area contributed by atoms with Crippen LogP contribution >= 0.6 is 0 Å². The van der Waals surface area contributed by atoms with Crippen LogP contribution in [-0.2, 0) is 4.79 Å². The summed E-state index contributed by atoms with van der Waals surface area (Å²) < 4.78 is 0. The quantitative estimate of drug-likeness (QED) is 0.793. The summed E-state index contributed by atoms with van der Waals surface area (Å²) in [5.41, 5.74) is 0. The Balaban J connectivity index is 1.67. The van der Waals surface area contributed by atoms with E-state index in [1.807, 2.05) is 6.92 Å². The number of nitrogens with zero attached hydrogens (tertiary/aromatic N) is 1. The van der Waals surface area contributed by atoms with Crippen LogP contribution in [0.4, 0.5) is 0 Å². The van der Waals surface area contributed by atoms with Crippen LogP contribution in [0.2, 0.25) is 0 Å². The molecule has 1 saturated heterocycles. The fraction of sp³-hybridized carbons (Fsp3) is 0.933. The molecule has 0 aromatic rings. The summed E-state index contributed by atoms with van der Waals surface area (Å²) in [6.45, 7) is 4.10. The van der Waals surface area contributed by atoms with Crippen molar-refractivity contribution in [3.8, 4) is 0 Å². The molecule has 0 spiro atoms. The lowest BCUT2D eigenvalue weighted by molar-refractivity contribution is -0.123. The SMILES string of the molecule is CC(NCC1CCCCN1C)C(=O)NC1CCCC1. The van der Waals surface area contributed by atoms with Crippen LogP contribution in [0.5, 0.6) is 0 Å². The average molecular weight is 267 g/mol. The molecule has 0 bridgehead atoms. The highest BCUT2D eigenvalue weighted by Gasteiger charge is 2.23. The van der Waals surface area contributed by atoms with Crippen molar-refractivity contribution < 1.29 is 4.79 Å². The van der Waals surface area contributed by atoms with Gasteiger partial charge in [-0.15, -0.1) is 0 Å². The Kier molecular flexibility index (Phi) is 5.64. The van der Waals surface area contributed by atoms with E-state index in [0.29, 0.717) is 12.1 Å². The molecule has 2 N–H and O–H groups in total. The van der Waals surface area contributed by atoms with Gasteiger partial charge >= 0.3 is 0 Å². The summed E-state index contributed by atoms with van der Waals surface area (Å²) in [5.74, 6) is 0.172. The summed E-state index contributed by atoms with van der Waals surface area (Å²) in [7, 11) is 2.19. The van der Waals surface area contributed by atoms with Crippen molar-refractivity contribution in [1.29, 1.82) is 0 Å². The third kappa shape index (κ3) is 4.46. The van der Waals surface area contributed by atoms with Gasteiger partial charge in [-0.3, -0.25) is 4.79 Å². The number of piperidine rings is 1. The number of rotatable bonds is 5. The monoisotopic (exact) mass is 267 g/mol. The zero-order valence-corrected chi connectivity index (χ0v) is 12.5. The van der Waals surface area contributed by atoms with Gasteiger partial charge in [-0.1, -0.05) is 19.3 Å². The van der Waals surface area contributed by atoms with Crippen LogP contribution in [0.3, 0.4) is 0 Å². The van der Waals surface area contributed by atoms with Crippen molar-refractivity contribution >= 4 is 5.91 Å². The molecule has 0 aromatic carbocycles. The first kappa shape index (κ1) is 14.8. The molecule has 1 saturated carbocycles. The molecule has 0 radical (unpaired) electrons. The van der Waals surface area contributed by atoms with Crippen molar-refractivity contribution in [2.75, 3.05) is 20.1 Å². The van der Waals surface area contributed by atoms with Gasteiger partial charge in [0.2, 0.25) is 5.91 Å². The van der Waals surface area contributed by atoms with Gasteiger partial charge in [0.25, 0.3) is 0 Å². The number of likely N-dealkylation sites (N-methyl/N-ethyl adjacent to an activating group) is 1. The number of likely N-dealkylation sites (tertiary alicyclic amines) is 1. The first-order chi connectivity index (χ1) is 9.16. The molecule has 19 heavy (non-hydrogen) atoms. The molecule has 1 amide bonds. The highest BCUT2D eigenvalue weighted by molar-refractivity contribution is 5.81. The van der Waals surface area contributed by atoms with Gasteiger partial charge in [-0.2, -0.15) is 0 Å². The molecule has 0 aromatic heterocycles. The first-order valence-corrected chi connectivity index (χ1v) is 7.91. The van der Waals surface area contributed by atoms with Crippen molar-refractivity contribution in [2.45, 2.75) is 70.0 Å². The van der Waals surface area contributed by atoms with E-state index in [1.54, 1.807) is 0 Å².